The van der Waals surface area contributed by atoms with Gasteiger partial charge in [0.05, 0.1) is 24.4 Å². The fraction of sp³-hybridized carbons (Fsp3) is 0.235. The molecule has 0 aliphatic heterocycles. The van der Waals surface area contributed by atoms with Gasteiger partial charge in [0, 0.05) is 6.54 Å². The lowest BCUT2D eigenvalue weighted by Gasteiger charge is -2.13. The van der Waals surface area contributed by atoms with E-state index in [1.54, 1.807) is 7.11 Å². The summed E-state index contributed by atoms with van der Waals surface area (Å²) in [6.45, 7) is 4.78. The number of nitrogens with zero attached hydrogens (tertiary/aromatic N) is 1. The average molecular weight is 266 g/mol. The maximum atomic E-state index is 8.88. The summed E-state index contributed by atoms with van der Waals surface area (Å²) in [6.07, 6.45) is 0. The summed E-state index contributed by atoms with van der Waals surface area (Å²) in [6, 6.07) is 13.9. The number of nitrogens with one attached hydrogen (secondary N) is 1. The van der Waals surface area contributed by atoms with Crippen LogP contribution in [0.5, 0.6) is 5.75 Å². The molecule has 102 valence electrons. The standard InChI is InChI=1S/C17H18N2O/c1-12-4-7-17(20-3)16(8-12)19-11-15-6-5-14(10-18)9-13(15)2/h4-9,19H,11H2,1-3H3. The third kappa shape index (κ3) is 3.10. The highest BCUT2D eigenvalue weighted by atomic mass is 16.5. The minimum Gasteiger partial charge on any atom is -0.495 e. The van der Waals surface area contributed by atoms with E-state index in [2.05, 4.69) is 24.4 Å². The van der Waals surface area contributed by atoms with E-state index in [1.807, 2.05) is 37.3 Å². The Hall–Kier alpha value is -2.47. The molecule has 0 amide bonds. The van der Waals surface area contributed by atoms with E-state index < -0.39 is 0 Å². The molecule has 2 rings (SSSR count). The van der Waals surface area contributed by atoms with E-state index in [0.717, 1.165) is 17.0 Å². The van der Waals surface area contributed by atoms with Gasteiger partial charge in [-0.05, 0) is 54.8 Å². The third-order valence-corrected chi connectivity index (χ3v) is 3.30. The number of rotatable bonds is 4. The fourth-order valence-electron chi connectivity index (χ4n) is 2.11. The Bertz CT molecular complexity index is 657. The van der Waals surface area contributed by atoms with E-state index in [-0.39, 0.29) is 0 Å². The normalized spacial score (nSPS) is 9.90. The molecular weight excluding hydrogens is 248 g/mol. The van der Waals surface area contributed by atoms with Crippen LogP contribution in [0.1, 0.15) is 22.3 Å². The van der Waals surface area contributed by atoms with Crippen LogP contribution in [0.2, 0.25) is 0 Å². The fourth-order valence-corrected chi connectivity index (χ4v) is 2.11. The van der Waals surface area contributed by atoms with Crippen LogP contribution in [0.25, 0.3) is 0 Å². The van der Waals surface area contributed by atoms with Crippen LogP contribution < -0.4 is 10.1 Å². The van der Waals surface area contributed by atoms with Crippen molar-refractivity contribution < 1.29 is 4.74 Å². The van der Waals surface area contributed by atoms with Crippen molar-refractivity contribution in [1.82, 2.24) is 0 Å². The van der Waals surface area contributed by atoms with Gasteiger partial charge in [-0.2, -0.15) is 5.26 Å². The molecule has 0 spiro atoms. The predicted molar refractivity (Wildman–Crippen MR) is 81.0 cm³/mol. The Morgan fingerprint density at radius 1 is 1.15 bits per heavy atom. The minimum absolute atomic E-state index is 0.694. The van der Waals surface area contributed by atoms with E-state index in [1.165, 1.54) is 11.1 Å². The third-order valence-electron chi connectivity index (χ3n) is 3.30. The van der Waals surface area contributed by atoms with E-state index in [0.29, 0.717) is 12.1 Å². The molecule has 1 N–H and O–H groups in total. The predicted octanol–water partition coefficient (Wildman–Crippen LogP) is 3.80. The first-order valence-electron chi connectivity index (χ1n) is 6.52. The van der Waals surface area contributed by atoms with E-state index in [4.69, 9.17) is 10.00 Å². The Labute approximate surface area is 119 Å². The number of ether oxygens (including phenoxy) is 1. The van der Waals surface area contributed by atoms with Crippen molar-refractivity contribution in [2.24, 2.45) is 0 Å². The first-order chi connectivity index (χ1) is 9.63. The Kier molecular flexibility index (Phi) is 4.27. The molecule has 0 saturated carbocycles. The molecule has 3 heteroatoms. The van der Waals surface area contributed by atoms with Crippen LogP contribution in [0.15, 0.2) is 36.4 Å². The first kappa shape index (κ1) is 14.0. The molecule has 0 saturated heterocycles. The molecule has 2 aromatic rings. The van der Waals surface area contributed by atoms with E-state index in [9.17, 15) is 0 Å². The van der Waals surface area contributed by atoms with Gasteiger partial charge in [-0.1, -0.05) is 12.1 Å². The summed E-state index contributed by atoms with van der Waals surface area (Å²) in [5.41, 5.74) is 5.15. The molecule has 0 fully saturated rings. The SMILES string of the molecule is COc1ccc(C)cc1NCc1ccc(C#N)cc1C. The molecule has 0 aromatic heterocycles. The summed E-state index contributed by atoms with van der Waals surface area (Å²) >= 11 is 0. The summed E-state index contributed by atoms with van der Waals surface area (Å²) < 4.78 is 5.35. The van der Waals surface area contributed by atoms with Crippen LogP contribution in [0, 0.1) is 25.2 Å². The number of benzene rings is 2. The molecule has 0 atom stereocenters. The summed E-state index contributed by atoms with van der Waals surface area (Å²) in [4.78, 5) is 0. The number of hydrogen-bond donors (Lipinski definition) is 1. The summed E-state index contributed by atoms with van der Waals surface area (Å²) in [5, 5.41) is 12.3. The van der Waals surface area contributed by atoms with Gasteiger partial charge in [-0.25, -0.2) is 0 Å². The molecule has 0 bridgehead atoms. The van der Waals surface area contributed by atoms with Crippen molar-refractivity contribution in [2.45, 2.75) is 20.4 Å². The summed E-state index contributed by atoms with van der Waals surface area (Å²) in [7, 11) is 1.67. The highest BCUT2D eigenvalue weighted by molar-refractivity contribution is 5.58. The second-order valence-corrected chi connectivity index (χ2v) is 4.81. The number of aryl methyl sites for hydroxylation is 2. The Morgan fingerprint density at radius 3 is 2.60 bits per heavy atom. The first-order valence-corrected chi connectivity index (χ1v) is 6.52. The number of anilines is 1. The second-order valence-electron chi connectivity index (χ2n) is 4.81. The number of hydrogen-bond acceptors (Lipinski definition) is 3. The van der Waals surface area contributed by atoms with Gasteiger partial charge in [0.1, 0.15) is 5.75 Å². The van der Waals surface area contributed by atoms with Crippen molar-refractivity contribution in [2.75, 3.05) is 12.4 Å². The quantitative estimate of drug-likeness (QED) is 0.915. The lowest BCUT2D eigenvalue weighted by molar-refractivity contribution is 0.416. The van der Waals surface area contributed by atoms with Crippen molar-refractivity contribution >= 4 is 5.69 Å². The zero-order valence-corrected chi connectivity index (χ0v) is 12.0. The van der Waals surface area contributed by atoms with Gasteiger partial charge in [-0.15, -0.1) is 0 Å². The largest absolute Gasteiger partial charge is 0.495 e. The summed E-state index contributed by atoms with van der Waals surface area (Å²) in [5.74, 6) is 0.835. The van der Waals surface area contributed by atoms with Gasteiger partial charge < -0.3 is 10.1 Å². The van der Waals surface area contributed by atoms with Crippen LogP contribution in [0.4, 0.5) is 5.69 Å². The molecule has 0 aliphatic rings. The Morgan fingerprint density at radius 2 is 1.95 bits per heavy atom. The number of nitriles is 1. The Balaban J connectivity index is 2.17. The van der Waals surface area contributed by atoms with Gasteiger partial charge >= 0.3 is 0 Å². The van der Waals surface area contributed by atoms with Crippen molar-refractivity contribution in [1.29, 1.82) is 5.26 Å². The topological polar surface area (TPSA) is 45.0 Å². The van der Waals surface area contributed by atoms with Crippen LogP contribution in [0.3, 0.4) is 0 Å². The minimum atomic E-state index is 0.694. The lowest BCUT2D eigenvalue weighted by Crippen LogP contribution is -2.03. The van der Waals surface area contributed by atoms with Gasteiger partial charge in [0.25, 0.3) is 0 Å². The molecular formula is C17H18N2O. The van der Waals surface area contributed by atoms with E-state index >= 15 is 0 Å². The van der Waals surface area contributed by atoms with Crippen molar-refractivity contribution in [3.05, 3.63) is 58.7 Å². The molecule has 0 heterocycles. The van der Waals surface area contributed by atoms with Crippen molar-refractivity contribution in [3.63, 3.8) is 0 Å². The van der Waals surface area contributed by atoms with Gasteiger partial charge in [-0.3, -0.25) is 0 Å². The molecule has 3 nitrogen and oxygen atoms in total. The molecule has 2 aromatic carbocycles. The zero-order valence-electron chi connectivity index (χ0n) is 12.0. The lowest BCUT2D eigenvalue weighted by atomic mass is 10.1. The van der Waals surface area contributed by atoms with Crippen LogP contribution in [-0.2, 0) is 6.54 Å². The smallest absolute Gasteiger partial charge is 0.141 e. The average Bonchev–Trinajstić information content (AvgIpc) is 2.46. The maximum absolute atomic E-state index is 8.88. The van der Waals surface area contributed by atoms with Crippen molar-refractivity contribution in [3.8, 4) is 11.8 Å². The maximum Gasteiger partial charge on any atom is 0.141 e. The second kappa shape index (κ2) is 6.12. The molecule has 0 radical (unpaired) electrons. The zero-order chi connectivity index (χ0) is 14.5. The van der Waals surface area contributed by atoms with Gasteiger partial charge in [0.15, 0.2) is 0 Å². The number of methoxy groups -OCH3 is 1. The molecule has 0 unspecified atom stereocenters. The molecule has 0 aliphatic carbocycles. The highest BCUT2D eigenvalue weighted by Gasteiger charge is 2.04. The molecule has 20 heavy (non-hydrogen) atoms. The van der Waals surface area contributed by atoms with Crippen LogP contribution >= 0.6 is 0 Å². The highest BCUT2D eigenvalue weighted by Crippen LogP contribution is 2.26. The van der Waals surface area contributed by atoms with Crippen LogP contribution in [-0.4, -0.2) is 7.11 Å². The van der Waals surface area contributed by atoms with Gasteiger partial charge in [0.2, 0.25) is 0 Å². The monoisotopic (exact) mass is 266 g/mol.